The lowest BCUT2D eigenvalue weighted by Gasteiger charge is -2.19. The van der Waals surface area contributed by atoms with Gasteiger partial charge in [0.25, 0.3) is 0 Å². The zero-order valence-electron chi connectivity index (χ0n) is 10.3. The number of benzene rings is 1. The second-order valence-corrected chi connectivity index (χ2v) is 10.3. The first-order chi connectivity index (χ1) is 7.73. The molecule has 0 aromatic heterocycles. The highest BCUT2D eigenvalue weighted by molar-refractivity contribution is 6.88. The molecular formula is C12H19NO3Si. The van der Waals surface area contributed by atoms with Gasteiger partial charge in [0.2, 0.25) is 0 Å². The normalized spacial score (nSPS) is 15.4. The number of carbonyl (C=O) groups is 1. The van der Waals surface area contributed by atoms with Crippen LogP contribution in [0.1, 0.15) is 11.7 Å². The maximum Gasteiger partial charge on any atom is 0.323 e. The Morgan fingerprint density at radius 1 is 1.24 bits per heavy atom. The van der Waals surface area contributed by atoms with Crippen molar-refractivity contribution in [2.45, 2.75) is 31.8 Å². The highest BCUT2D eigenvalue weighted by Crippen LogP contribution is 2.15. The van der Waals surface area contributed by atoms with E-state index in [1.807, 2.05) is 12.1 Å². The van der Waals surface area contributed by atoms with E-state index < -0.39 is 26.2 Å². The molecule has 0 unspecified atom stereocenters. The molecule has 1 aromatic carbocycles. The van der Waals surface area contributed by atoms with Gasteiger partial charge in [-0.1, -0.05) is 49.1 Å². The summed E-state index contributed by atoms with van der Waals surface area (Å²) >= 11 is 0. The Morgan fingerprint density at radius 2 is 1.71 bits per heavy atom. The summed E-state index contributed by atoms with van der Waals surface area (Å²) in [6, 6.07) is 6.11. The monoisotopic (exact) mass is 253 g/mol. The summed E-state index contributed by atoms with van der Waals surface area (Å²) in [4.78, 5) is 10.7. The van der Waals surface area contributed by atoms with Crippen LogP contribution in [0.25, 0.3) is 0 Å². The van der Waals surface area contributed by atoms with E-state index in [1.54, 1.807) is 12.1 Å². The molecular weight excluding hydrogens is 234 g/mol. The van der Waals surface area contributed by atoms with Gasteiger partial charge in [0.15, 0.2) is 0 Å². The lowest BCUT2D eigenvalue weighted by atomic mass is 10.0. The Balaban J connectivity index is 2.92. The zero-order chi connectivity index (χ0) is 13.2. The van der Waals surface area contributed by atoms with Crippen LogP contribution in [0.3, 0.4) is 0 Å². The number of aliphatic carboxylic acids is 1. The van der Waals surface area contributed by atoms with Gasteiger partial charge < -0.3 is 15.9 Å². The minimum Gasteiger partial charge on any atom is -0.480 e. The number of aliphatic hydroxyl groups is 1. The fraction of sp³-hybridized carbons (Fsp3) is 0.417. The van der Waals surface area contributed by atoms with Crippen molar-refractivity contribution >= 4 is 19.2 Å². The van der Waals surface area contributed by atoms with Crippen molar-refractivity contribution in [3.8, 4) is 0 Å². The van der Waals surface area contributed by atoms with Crippen molar-refractivity contribution in [1.82, 2.24) is 0 Å². The molecule has 0 saturated heterocycles. The molecule has 0 aliphatic carbocycles. The van der Waals surface area contributed by atoms with Crippen LogP contribution in [0, 0.1) is 0 Å². The number of nitrogens with two attached hydrogens (primary N) is 1. The smallest absolute Gasteiger partial charge is 0.323 e. The van der Waals surface area contributed by atoms with Crippen molar-refractivity contribution in [1.29, 1.82) is 0 Å². The molecule has 0 amide bonds. The van der Waals surface area contributed by atoms with Gasteiger partial charge in [-0.2, -0.15) is 0 Å². The summed E-state index contributed by atoms with van der Waals surface area (Å²) in [7, 11) is -1.37. The lowest BCUT2D eigenvalue weighted by molar-refractivity contribution is -0.141. The summed E-state index contributed by atoms with van der Waals surface area (Å²) in [5, 5.41) is 19.7. The molecule has 0 spiro atoms. The zero-order valence-corrected chi connectivity index (χ0v) is 11.3. The number of carboxylic acid groups (broad SMARTS) is 1. The predicted molar refractivity (Wildman–Crippen MR) is 70.0 cm³/mol. The van der Waals surface area contributed by atoms with E-state index in [4.69, 9.17) is 10.8 Å². The summed E-state index contributed by atoms with van der Waals surface area (Å²) in [5.41, 5.74) is 5.92. The largest absolute Gasteiger partial charge is 0.480 e. The second kappa shape index (κ2) is 4.99. The molecule has 1 aromatic rings. The summed E-state index contributed by atoms with van der Waals surface area (Å²) in [5.74, 6) is -1.20. The highest BCUT2D eigenvalue weighted by Gasteiger charge is 2.24. The minimum atomic E-state index is -1.37. The average Bonchev–Trinajstić information content (AvgIpc) is 2.26. The highest BCUT2D eigenvalue weighted by atomic mass is 28.3. The fourth-order valence-electron chi connectivity index (χ4n) is 1.52. The van der Waals surface area contributed by atoms with Crippen molar-refractivity contribution < 1.29 is 15.0 Å². The first-order valence-corrected chi connectivity index (χ1v) is 9.00. The molecule has 4 nitrogen and oxygen atoms in total. The molecule has 17 heavy (non-hydrogen) atoms. The van der Waals surface area contributed by atoms with Crippen LogP contribution in [0.15, 0.2) is 24.3 Å². The maximum absolute atomic E-state index is 10.7. The molecule has 4 N–H and O–H groups in total. The number of hydrogen-bond acceptors (Lipinski definition) is 3. The van der Waals surface area contributed by atoms with Crippen LogP contribution in [-0.4, -0.2) is 30.3 Å². The second-order valence-electron chi connectivity index (χ2n) is 5.18. The summed E-state index contributed by atoms with van der Waals surface area (Å²) in [6.07, 6.45) is -1.16. The molecule has 2 atom stereocenters. The molecule has 5 heteroatoms. The molecule has 0 radical (unpaired) electrons. The first-order valence-electron chi connectivity index (χ1n) is 5.50. The predicted octanol–water partition coefficient (Wildman–Crippen LogP) is 0.677. The van der Waals surface area contributed by atoms with E-state index in [2.05, 4.69) is 19.6 Å². The Bertz CT molecular complexity index is 397. The van der Waals surface area contributed by atoms with E-state index >= 15 is 0 Å². The van der Waals surface area contributed by atoms with Gasteiger partial charge in [-0.15, -0.1) is 0 Å². The minimum absolute atomic E-state index is 0.543. The molecule has 0 heterocycles. The number of rotatable bonds is 4. The lowest BCUT2D eigenvalue weighted by Crippen LogP contribution is -2.38. The van der Waals surface area contributed by atoms with Gasteiger partial charge in [0.1, 0.15) is 12.1 Å². The van der Waals surface area contributed by atoms with Gasteiger partial charge >= 0.3 is 5.97 Å². The third kappa shape index (κ3) is 3.39. The standard InChI is InChI=1S/C12H19NO3Si/c1-17(2,3)9-6-4-8(5-7-9)11(14)10(13)12(15)16/h4-7,10-11,14H,13H2,1-3H3,(H,15,16)/t10-,11+/m1/s1. The Labute approximate surface area is 102 Å². The van der Waals surface area contributed by atoms with Gasteiger partial charge in [0.05, 0.1) is 8.07 Å². The van der Waals surface area contributed by atoms with Crippen LogP contribution in [0.5, 0.6) is 0 Å². The van der Waals surface area contributed by atoms with Gasteiger partial charge in [-0.05, 0) is 5.56 Å². The molecule has 1 rings (SSSR count). The third-order valence-electron chi connectivity index (χ3n) is 2.74. The third-order valence-corrected chi connectivity index (χ3v) is 4.81. The van der Waals surface area contributed by atoms with Crippen LogP contribution in [0.4, 0.5) is 0 Å². The average molecular weight is 253 g/mol. The SMILES string of the molecule is C[Si](C)(C)c1ccc([C@H](O)[C@@H](N)C(=O)O)cc1. The Kier molecular flexibility index (Phi) is 4.08. The van der Waals surface area contributed by atoms with Crippen molar-refractivity contribution in [3.63, 3.8) is 0 Å². The molecule has 0 fully saturated rings. The van der Waals surface area contributed by atoms with Crippen molar-refractivity contribution in [3.05, 3.63) is 29.8 Å². The van der Waals surface area contributed by atoms with Crippen molar-refractivity contribution in [2.24, 2.45) is 5.73 Å². The fourth-order valence-corrected chi connectivity index (χ4v) is 2.69. The molecule has 0 saturated carbocycles. The topological polar surface area (TPSA) is 83.5 Å². The Morgan fingerprint density at radius 3 is 2.06 bits per heavy atom. The number of aliphatic hydroxyl groups excluding tert-OH is 1. The van der Waals surface area contributed by atoms with E-state index in [1.165, 1.54) is 5.19 Å². The Hall–Kier alpha value is -1.17. The number of carboxylic acids is 1. The van der Waals surface area contributed by atoms with Gasteiger partial charge in [0, 0.05) is 0 Å². The van der Waals surface area contributed by atoms with E-state index in [-0.39, 0.29) is 0 Å². The van der Waals surface area contributed by atoms with Crippen LogP contribution in [0.2, 0.25) is 19.6 Å². The van der Waals surface area contributed by atoms with Gasteiger partial charge in [-0.25, -0.2) is 0 Å². The molecule has 0 aliphatic heterocycles. The van der Waals surface area contributed by atoms with Crippen LogP contribution in [-0.2, 0) is 4.79 Å². The maximum atomic E-state index is 10.7. The quantitative estimate of drug-likeness (QED) is 0.689. The van der Waals surface area contributed by atoms with Gasteiger partial charge in [-0.3, -0.25) is 4.79 Å². The van der Waals surface area contributed by atoms with Crippen LogP contribution >= 0.6 is 0 Å². The van der Waals surface area contributed by atoms with Crippen LogP contribution < -0.4 is 10.9 Å². The molecule has 0 bridgehead atoms. The van der Waals surface area contributed by atoms with E-state index in [9.17, 15) is 9.90 Å². The van der Waals surface area contributed by atoms with Crippen molar-refractivity contribution in [2.75, 3.05) is 0 Å². The summed E-state index contributed by atoms with van der Waals surface area (Å²) in [6.45, 7) is 6.67. The van der Waals surface area contributed by atoms with E-state index in [0.717, 1.165) is 0 Å². The molecule has 94 valence electrons. The first kappa shape index (κ1) is 13.9. The number of hydrogen-bond donors (Lipinski definition) is 3. The summed E-state index contributed by atoms with van der Waals surface area (Å²) < 4.78 is 0. The van der Waals surface area contributed by atoms with E-state index in [0.29, 0.717) is 5.56 Å². The molecule has 0 aliphatic rings.